The molecule has 0 radical (unpaired) electrons. The molecule has 0 aliphatic heterocycles. The second kappa shape index (κ2) is 9.36. The number of benzene rings is 2. The number of para-hydroxylation sites is 3. The van der Waals surface area contributed by atoms with Crippen LogP contribution >= 0.6 is 0 Å². The van der Waals surface area contributed by atoms with Crippen LogP contribution in [0.15, 0.2) is 48.5 Å². The van der Waals surface area contributed by atoms with Crippen LogP contribution in [-0.2, 0) is 14.3 Å². The van der Waals surface area contributed by atoms with Crippen molar-refractivity contribution in [1.29, 1.82) is 0 Å². The highest BCUT2D eigenvalue weighted by molar-refractivity contribution is 5.94. The second-order valence-corrected chi connectivity index (χ2v) is 5.14. The maximum Gasteiger partial charge on any atom is 0.387 e. The smallest absolute Gasteiger partial charge is 0.387 e. The molecule has 0 saturated heterocycles. The Morgan fingerprint density at radius 3 is 2.35 bits per heavy atom. The number of amides is 1. The lowest BCUT2D eigenvalue weighted by atomic mass is 10.2. The average Bonchev–Trinajstić information content (AvgIpc) is 2.60. The van der Waals surface area contributed by atoms with Crippen LogP contribution in [-0.4, -0.2) is 31.7 Å². The summed E-state index contributed by atoms with van der Waals surface area (Å²) < 4.78 is 39.0. The van der Waals surface area contributed by atoms with Gasteiger partial charge in [-0.25, -0.2) is 4.79 Å². The number of carbonyl (C=O) groups excluding carboxylic acids is 2. The second-order valence-electron chi connectivity index (χ2n) is 5.14. The largest absolute Gasteiger partial charge is 0.482 e. The van der Waals surface area contributed by atoms with Crippen LogP contribution < -0.4 is 14.8 Å². The predicted octanol–water partition coefficient (Wildman–Crippen LogP) is 3.16. The van der Waals surface area contributed by atoms with Gasteiger partial charge in [0.25, 0.3) is 5.91 Å². The molecule has 0 fully saturated rings. The Labute approximate surface area is 148 Å². The van der Waals surface area contributed by atoms with Crippen molar-refractivity contribution in [3.05, 3.63) is 54.1 Å². The fourth-order valence-corrected chi connectivity index (χ4v) is 2.00. The Kier molecular flexibility index (Phi) is 6.90. The van der Waals surface area contributed by atoms with E-state index in [1.807, 2.05) is 19.1 Å². The quantitative estimate of drug-likeness (QED) is 0.728. The van der Waals surface area contributed by atoms with E-state index < -0.39 is 25.1 Å². The molecule has 0 heterocycles. The lowest BCUT2D eigenvalue weighted by Gasteiger charge is -2.12. The first-order valence-corrected chi connectivity index (χ1v) is 7.63. The minimum atomic E-state index is -3.02. The molecule has 1 N–H and O–H groups in total. The predicted molar refractivity (Wildman–Crippen MR) is 89.3 cm³/mol. The van der Waals surface area contributed by atoms with Crippen molar-refractivity contribution in [3.63, 3.8) is 0 Å². The zero-order chi connectivity index (χ0) is 18.9. The first-order valence-electron chi connectivity index (χ1n) is 7.63. The molecule has 0 aliphatic carbocycles. The molecule has 8 heteroatoms. The Morgan fingerprint density at radius 2 is 1.65 bits per heavy atom. The first-order chi connectivity index (χ1) is 12.5. The highest BCUT2D eigenvalue weighted by Crippen LogP contribution is 2.25. The summed E-state index contributed by atoms with van der Waals surface area (Å²) in [5, 5.41) is 2.34. The lowest BCUT2D eigenvalue weighted by Crippen LogP contribution is -2.24. The standard InChI is InChI=1S/C18H17F2NO5/c1-12-6-2-4-8-14(12)24-11-17(23)25-10-16(22)21-13-7-3-5-9-15(13)26-18(19)20/h2-9,18H,10-11H2,1H3,(H,21,22). The Hall–Kier alpha value is -3.16. The first kappa shape index (κ1) is 19.2. The molecule has 0 spiro atoms. The molecule has 0 atom stereocenters. The summed E-state index contributed by atoms with van der Waals surface area (Å²) in [6.45, 7) is -2.14. The molecular formula is C18H17F2NO5. The molecule has 2 rings (SSSR count). The summed E-state index contributed by atoms with van der Waals surface area (Å²) in [5.41, 5.74) is 0.902. The molecule has 0 aliphatic rings. The van der Waals surface area contributed by atoms with Crippen LogP contribution in [0.3, 0.4) is 0 Å². The van der Waals surface area contributed by atoms with Crippen LogP contribution in [0.5, 0.6) is 11.5 Å². The minimum absolute atomic E-state index is 0.0463. The molecule has 1 amide bonds. The van der Waals surface area contributed by atoms with Crippen LogP contribution in [0.2, 0.25) is 0 Å². The van der Waals surface area contributed by atoms with E-state index in [9.17, 15) is 18.4 Å². The number of aryl methyl sites for hydroxylation is 1. The summed E-state index contributed by atoms with van der Waals surface area (Å²) >= 11 is 0. The van der Waals surface area contributed by atoms with Gasteiger partial charge in [0.15, 0.2) is 13.2 Å². The van der Waals surface area contributed by atoms with Gasteiger partial charge < -0.3 is 19.5 Å². The number of alkyl halides is 2. The van der Waals surface area contributed by atoms with E-state index >= 15 is 0 Å². The topological polar surface area (TPSA) is 73.9 Å². The van der Waals surface area contributed by atoms with Gasteiger partial charge >= 0.3 is 12.6 Å². The van der Waals surface area contributed by atoms with Crippen molar-refractivity contribution in [2.75, 3.05) is 18.5 Å². The van der Waals surface area contributed by atoms with Gasteiger partial charge in [-0.1, -0.05) is 30.3 Å². The zero-order valence-corrected chi connectivity index (χ0v) is 13.9. The maximum absolute atomic E-state index is 12.3. The van der Waals surface area contributed by atoms with E-state index in [4.69, 9.17) is 9.47 Å². The van der Waals surface area contributed by atoms with Crippen molar-refractivity contribution < 1.29 is 32.6 Å². The van der Waals surface area contributed by atoms with Gasteiger partial charge in [0.2, 0.25) is 0 Å². The Morgan fingerprint density at radius 1 is 1.00 bits per heavy atom. The molecule has 2 aromatic rings. The van der Waals surface area contributed by atoms with E-state index in [2.05, 4.69) is 10.1 Å². The van der Waals surface area contributed by atoms with E-state index in [1.54, 1.807) is 12.1 Å². The molecule has 0 saturated carbocycles. The van der Waals surface area contributed by atoms with Gasteiger partial charge in [-0.2, -0.15) is 8.78 Å². The van der Waals surface area contributed by atoms with Gasteiger partial charge in [0.1, 0.15) is 11.5 Å². The number of carbonyl (C=O) groups is 2. The SMILES string of the molecule is Cc1ccccc1OCC(=O)OCC(=O)Nc1ccccc1OC(F)F. The summed E-state index contributed by atoms with van der Waals surface area (Å²) in [5.74, 6) is -1.09. The Bertz CT molecular complexity index is 767. The van der Waals surface area contributed by atoms with Crippen LogP contribution in [0.1, 0.15) is 5.56 Å². The number of hydrogen-bond donors (Lipinski definition) is 1. The van der Waals surface area contributed by atoms with Crippen molar-refractivity contribution in [3.8, 4) is 11.5 Å². The third-order valence-electron chi connectivity index (χ3n) is 3.18. The molecule has 6 nitrogen and oxygen atoms in total. The number of halogens is 2. The number of anilines is 1. The van der Waals surface area contributed by atoms with Gasteiger partial charge in [-0.05, 0) is 30.7 Å². The minimum Gasteiger partial charge on any atom is -0.482 e. The lowest BCUT2D eigenvalue weighted by molar-refractivity contribution is -0.149. The molecule has 0 unspecified atom stereocenters. The molecular weight excluding hydrogens is 348 g/mol. The molecule has 2 aromatic carbocycles. The summed E-state index contributed by atoms with van der Waals surface area (Å²) in [4.78, 5) is 23.5. The molecule has 26 heavy (non-hydrogen) atoms. The van der Waals surface area contributed by atoms with Crippen molar-refractivity contribution >= 4 is 17.6 Å². The van der Waals surface area contributed by atoms with Crippen LogP contribution in [0.4, 0.5) is 14.5 Å². The van der Waals surface area contributed by atoms with Crippen LogP contribution in [0.25, 0.3) is 0 Å². The number of hydrogen-bond acceptors (Lipinski definition) is 5. The van der Waals surface area contributed by atoms with Gasteiger partial charge in [0, 0.05) is 0 Å². The fourth-order valence-electron chi connectivity index (χ4n) is 2.00. The summed E-state index contributed by atoms with van der Waals surface area (Å²) in [6, 6.07) is 12.8. The highest BCUT2D eigenvalue weighted by Gasteiger charge is 2.13. The monoisotopic (exact) mass is 365 g/mol. The molecule has 0 bridgehead atoms. The normalized spacial score (nSPS) is 10.3. The van der Waals surface area contributed by atoms with Gasteiger partial charge in [-0.15, -0.1) is 0 Å². The number of nitrogens with one attached hydrogen (secondary N) is 1. The average molecular weight is 365 g/mol. The zero-order valence-electron chi connectivity index (χ0n) is 13.9. The maximum atomic E-state index is 12.3. The summed E-state index contributed by atoms with van der Waals surface area (Å²) in [6.07, 6.45) is 0. The van der Waals surface area contributed by atoms with Crippen molar-refractivity contribution in [2.45, 2.75) is 13.5 Å². The molecule has 138 valence electrons. The number of esters is 1. The number of ether oxygens (including phenoxy) is 3. The van der Waals surface area contributed by atoms with Crippen molar-refractivity contribution in [2.24, 2.45) is 0 Å². The third kappa shape index (κ3) is 6.04. The molecule has 0 aromatic heterocycles. The van der Waals surface area contributed by atoms with Gasteiger partial charge in [-0.3, -0.25) is 4.79 Å². The van der Waals surface area contributed by atoms with E-state index in [1.165, 1.54) is 24.3 Å². The van der Waals surface area contributed by atoms with Crippen molar-refractivity contribution in [1.82, 2.24) is 0 Å². The fraction of sp³-hybridized carbons (Fsp3) is 0.222. The van der Waals surface area contributed by atoms with E-state index in [0.29, 0.717) is 5.75 Å². The summed E-state index contributed by atoms with van der Waals surface area (Å²) in [7, 11) is 0. The van der Waals surface area contributed by atoms with E-state index in [-0.39, 0.29) is 18.0 Å². The van der Waals surface area contributed by atoms with E-state index in [0.717, 1.165) is 5.56 Å². The Balaban J connectivity index is 1.80. The van der Waals surface area contributed by atoms with Gasteiger partial charge in [0.05, 0.1) is 5.69 Å². The third-order valence-corrected chi connectivity index (χ3v) is 3.18. The highest BCUT2D eigenvalue weighted by atomic mass is 19.3. The number of rotatable bonds is 8. The van der Waals surface area contributed by atoms with Crippen LogP contribution in [0, 0.1) is 6.92 Å².